The molecule has 0 spiro atoms. The number of anilines is 2. The smallest absolute Gasteiger partial charge is 0.351 e. The van der Waals surface area contributed by atoms with Crippen LogP contribution in [0.2, 0.25) is 5.02 Å². The highest BCUT2D eigenvalue weighted by molar-refractivity contribution is 6.33. The zero-order valence-corrected chi connectivity index (χ0v) is 20.3. The Labute approximate surface area is 214 Å². The zero-order valence-electron chi connectivity index (χ0n) is 19.6. The molecule has 2 atom stereocenters. The summed E-state index contributed by atoms with van der Waals surface area (Å²) in [5.41, 5.74) is 2.10. The number of hydrogen-bond acceptors (Lipinski definition) is 4. The van der Waals surface area contributed by atoms with Crippen molar-refractivity contribution in [3.8, 4) is 11.1 Å². The molecular weight excluding hydrogens is 514 g/mol. The summed E-state index contributed by atoms with van der Waals surface area (Å²) in [5, 5.41) is 2.72. The van der Waals surface area contributed by atoms with Crippen LogP contribution in [0.3, 0.4) is 0 Å². The molecule has 1 unspecified atom stereocenters. The molecule has 4 heterocycles. The molecular formula is C25H22ClF4N5O2. The molecule has 2 amide bonds. The van der Waals surface area contributed by atoms with Crippen molar-refractivity contribution >= 4 is 29.1 Å². The number of hydrogen-bond donors (Lipinski definition) is 2. The monoisotopic (exact) mass is 535 g/mol. The molecule has 0 aliphatic carbocycles. The van der Waals surface area contributed by atoms with Gasteiger partial charge >= 0.3 is 12.2 Å². The van der Waals surface area contributed by atoms with E-state index in [1.165, 1.54) is 31.4 Å². The average Bonchev–Trinajstić information content (AvgIpc) is 3.15. The second-order valence-corrected chi connectivity index (χ2v) is 9.66. The van der Waals surface area contributed by atoms with Crippen LogP contribution in [0.5, 0.6) is 0 Å². The predicted molar refractivity (Wildman–Crippen MR) is 131 cm³/mol. The molecule has 1 aromatic carbocycles. The molecule has 2 bridgehead atoms. The molecule has 2 aromatic heterocycles. The van der Waals surface area contributed by atoms with Crippen LogP contribution in [-0.4, -0.2) is 46.7 Å². The lowest BCUT2D eigenvalue weighted by Gasteiger charge is -2.36. The van der Waals surface area contributed by atoms with E-state index in [1.807, 2.05) is 0 Å². The minimum absolute atomic E-state index is 0.0471. The highest BCUT2D eigenvalue weighted by atomic mass is 35.5. The molecule has 3 aromatic rings. The summed E-state index contributed by atoms with van der Waals surface area (Å²) < 4.78 is 53.4. The lowest BCUT2D eigenvalue weighted by Crippen LogP contribution is -2.44. The lowest BCUT2D eigenvalue weighted by molar-refractivity contribution is -0.119. The Balaban J connectivity index is 1.37. The molecule has 37 heavy (non-hydrogen) atoms. The number of nitrogens with one attached hydrogen (secondary N) is 2. The summed E-state index contributed by atoms with van der Waals surface area (Å²) >= 11 is 6.42. The Hall–Kier alpha value is -3.60. The molecule has 12 heteroatoms. The first-order valence-corrected chi connectivity index (χ1v) is 11.9. The standard InChI is InChI=1S/C25H22ClF4N5O2/c1-34(12-25(28,29)30)22-7-13(4-5-31-22)16-9-19(27)20(10-18(16)26)33-24(37)35-15-2-3-21(35)17-11-32-23(36)8-14(17)6-15/h4-5,7-11,15,21H,2-3,6,12H2,1H3,(H,32,36)(H,33,37)/t15?,21-/m1/s1. The Morgan fingerprint density at radius 1 is 1.27 bits per heavy atom. The SMILES string of the molecule is CN(CC(F)(F)F)c1cc(-c2cc(F)c(NC(=O)N3C4CC[C@@H]3c3c[nH]c(=O)cc3C4)cc2Cl)ccn1. The third kappa shape index (κ3) is 5.00. The van der Waals surface area contributed by atoms with Crippen molar-refractivity contribution in [3.05, 3.63) is 75.0 Å². The van der Waals surface area contributed by atoms with Gasteiger partial charge in [-0.1, -0.05) is 11.6 Å². The van der Waals surface area contributed by atoms with Crippen LogP contribution in [0.15, 0.2) is 47.5 Å². The number of halogens is 5. The fraction of sp³-hybridized carbons (Fsp3) is 0.320. The summed E-state index contributed by atoms with van der Waals surface area (Å²) in [7, 11) is 1.25. The van der Waals surface area contributed by atoms with Crippen molar-refractivity contribution in [2.45, 2.75) is 37.5 Å². The van der Waals surface area contributed by atoms with Gasteiger partial charge < -0.3 is 20.1 Å². The Bertz CT molecular complexity index is 1430. The number of benzene rings is 1. The number of nitrogens with zero attached hydrogens (tertiary/aromatic N) is 3. The van der Waals surface area contributed by atoms with Gasteiger partial charge in [0.25, 0.3) is 0 Å². The third-order valence-electron chi connectivity index (χ3n) is 6.76. The van der Waals surface area contributed by atoms with Crippen LogP contribution in [0.1, 0.15) is 30.0 Å². The molecule has 1 fully saturated rings. The molecule has 0 saturated carbocycles. The minimum Gasteiger partial charge on any atom is -0.351 e. The number of amides is 2. The first-order chi connectivity index (χ1) is 17.5. The molecule has 5 rings (SSSR count). The number of H-pyrrole nitrogens is 1. The van der Waals surface area contributed by atoms with Crippen LogP contribution in [0.4, 0.5) is 33.9 Å². The first kappa shape index (κ1) is 25.1. The van der Waals surface area contributed by atoms with Crippen molar-refractivity contribution in [2.75, 3.05) is 23.8 Å². The zero-order chi connectivity index (χ0) is 26.5. The van der Waals surface area contributed by atoms with E-state index in [2.05, 4.69) is 15.3 Å². The van der Waals surface area contributed by atoms with Crippen molar-refractivity contribution < 1.29 is 22.4 Å². The quantitative estimate of drug-likeness (QED) is 0.431. The van der Waals surface area contributed by atoms with E-state index in [9.17, 15) is 22.8 Å². The van der Waals surface area contributed by atoms with Crippen molar-refractivity contribution in [1.82, 2.24) is 14.9 Å². The number of carbonyl (C=O) groups is 1. The third-order valence-corrected chi connectivity index (χ3v) is 7.07. The Morgan fingerprint density at radius 2 is 2.05 bits per heavy atom. The van der Waals surface area contributed by atoms with E-state index in [0.29, 0.717) is 12.0 Å². The van der Waals surface area contributed by atoms with Gasteiger partial charge in [-0.15, -0.1) is 0 Å². The van der Waals surface area contributed by atoms with Crippen molar-refractivity contribution in [1.29, 1.82) is 0 Å². The van der Waals surface area contributed by atoms with Gasteiger partial charge in [0, 0.05) is 37.1 Å². The Kier molecular flexibility index (Phi) is 6.35. The number of alkyl halides is 3. The van der Waals surface area contributed by atoms with Gasteiger partial charge in [-0.25, -0.2) is 14.2 Å². The number of aromatic amines is 1. The van der Waals surface area contributed by atoms with Crippen molar-refractivity contribution in [2.24, 2.45) is 0 Å². The number of urea groups is 1. The second kappa shape index (κ2) is 9.37. The molecule has 2 aliphatic rings. The molecule has 194 valence electrons. The van der Waals surface area contributed by atoms with Gasteiger partial charge in [0.1, 0.15) is 18.2 Å². The van der Waals surface area contributed by atoms with Gasteiger partial charge in [-0.05, 0) is 60.2 Å². The van der Waals surface area contributed by atoms with Gasteiger partial charge in [0.05, 0.1) is 16.8 Å². The second-order valence-electron chi connectivity index (χ2n) is 9.25. The highest BCUT2D eigenvalue weighted by Crippen LogP contribution is 2.43. The first-order valence-electron chi connectivity index (χ1n) is 11.5. The normalized spacial score (nSPS) is 18.5. The number of fused-ring (bicyclic) bond motifs is 4. The van der Waals surface area contributed by atoms with E-state index in [4.69, 9.17) is 11.6 Å². The number of carbonyl (C=O) groups excluding carboxylic acids is 1. The number of pyridine rings is 2. The lowest BCUT2D eigenvalue weighted by atomic mass is 9.95. The van der Waals surface area contributed by atoms with E-state index in [1.54, 1.807) is 17.2 Å². The average molecular weight is 536 g/mol. The van der Waals surface area contributed by atoms with E-state index in [0.717, 1.165) is 34.9 Å². The van der Waals surface area contributed by atoms with Gasteiger partial charge in [-0.3, -0.25) is 4.79 Å². The molecule has 2 aliphatic heterocycles. The fourth-order valence-corrected chi connectivity index (χ4v) is 5.42. The topological polar surface area (TPSA) is 81.3 Å². The van der Waals surface area contributed by atoms with Crippen LogP contribution in [0, 0.1) is 5.82 Å². The number of aromatic nitrogens is 2. The molecule has 7 nitrogen and oxygen atoms in total. The largest absolute Gasteiger partial charge is 0.405 e. The highest BCUT2D eigenvalue weighted by Gasteiger charge is 2.43. The van der Waals surface area contributed by atoms with Crippen molar-refractivity contribution in [3.63, 3.8) is 0 Å². The maximum absolute atomic E-state index is 15.1. The van der Waals surface area contributed by atoms with Crippen LogP contribution < -0.4 is 15.8 Å². The minimum atomic E-state index is -4.41. The number of rotatable bonds is 4. The predicted octanol–water partition coefficient (Wildman–Crippen LogP) is 5.52. The summed E-state index contributed by atoms with van der Waals surface area (Å²) in [6, 6.07) is 6.04. The summed E-state index contributed by atoms with van der Waals surface area (Å²) in [5.74, 6) is -0.699. The van der Waals surface area contributed by atoms with Crippen LogP contribution >= 0.6 is 11.6 Å². The molecule has 2 N–H and O–H groups in total. The van der Waals surface area contributed by atoms with Crippen LogP contribution in [0.25, 0.3) is 11.1 Å². The van der Waals surface area contributed by atoms with Crippen LogP contribution in [-0.2, 0) is 6.42 Å². The summed E-state index contributed by atoms with van der Waals surface area (Å²) in [4.78, 5) is 34.1. The Morgan fingerprint density at radius 3 is 2.81 bits per heavy atom. The van der Waals surface area contributed by atoms with E-state index in [-0.39, 0.29) is 39.7 Å². The summed E-state index contributed by atoms with van der Waals surface area (Å²) in [6.45, 7) is -1.20. The maximum Gasteiger partial charge on any atom is 0.405 e. The maximum atomic E-state index is 15.1. The summed E-state index contributed by atoms with van der Waals surface area (Å²) in [6.07, 6.45) is 0.564. The fourth-order valence-electron chi connectivity index (χ4n) is 5.15. The van der Waals surface area contributed by atoms with Gasteiger partial charge in [0.15, 0.2) is 0 Å². The van der Waals surface area contributed by atoms with Gasteiger partial charge in [0.2, 0.25) is 5.56 Å². The van der Waals surface area contributed by atoms with Gasteiger partial charge in [-0.2, -0.15) is 13.2 Å². The van der Waals surface area contributed by atoms with E-state index < -0.39 is 24.6 Å². The molecule has 0 radical (unpaired) electrons. The molecule has 1 saturated heterocycles. The van der Waals surface area contributed by atoms with E-state index >= 15 is 4.39 Å².